The van der Waals surface area contributed by atoms with E-state index in [-0.39, 0.29) is 11.6 Å². The van der Waals surface area contributed by atoms with Gasteiger partial charge >= 0.3 is 5.97 Å². The number of amides is 1. The quantitative estimate of drug-likeness (QED) is 0.359. The number of carbonyl (C=O) groups is 2. The summed E-state index contributed by atoms with van der Waals surface area (Å²) in [6, 6.07) is 6.25. The molecule has 0 bridgehead atoms. The van der Waals surface area contributed by atoms with E-state index in [1.165, 1.54) is 30.4 Å². The molecule has 2 aromatic heterocycles. The van der Waals surface area contributed by atoms with Gasteiger partial charge < -0.3 is 10.0 Å². The van der Waals surface area contributed by atoms with Crippen LogP contribution >= 0.6 is 11.3 Å². The van der Waals surface area contributed by atoms with Crippen LogP contribution in [-0.4, -0.2) is 62.5 Å². The van der Waals surface area contributed by atoms with E-state index >= 15 is 0 Å². The van der Waals surface area contributed by atoms with Crippen molar-refractivity contribution in [2.75, 3.05) is 29.9 Å². The van der Waals surface area contributed by atoms with Crippen LogP contribution < -0.4 is 10.2 Å². The van der Waals surface area contributed by atoms with Crippen LogP contribution in [0, 0.1) is 12.8 Å². The second-order valence-electron chi connectivity index (χ2n) is 10.6. The fraction of sp³-hybridized carbons (Fsp3) is 0.483. The van der Waals surface area contributed by atoms with Crippen molar-refractivity contribution >= 4 is 34.2 Å². The minimum Gasteiger partial charge on any atom is -0.481 e. The van der Waals surface area contributed by atoms with Crippen LogP contribution in [0.1, 0.15) is 65.5 Å². The molecule has 2 aliphatic heterocycles. The highest BCUT2D eigenvalue weighted by atomic mass is 32.1. The minimum absolute atomic E-state index is 0.170. The highest BCUT2D eigenvalue weighted by Gasteiger charge is 2.27. The molecule has 0 radical (unpaired) electrons. The van der Waals surface area contributed by atoms with Crippen LogP contribution in [-0.2, 0) is 18.0 Å². The van der Waals surface area contributed by atoms with Crippen molar-refractivity contribution in [3.63, 3.8) is 0 Å². The number of benzene rings is 1. The number of piperidine rings is 1. The topological polar surface area (TPSA) is 112 Å². The number of anilines is 2. The molecule has 0 saturated carbocycles. The van der Waals surface area contributed by atoms with Crippen LogP contribution in [0.2, 0.25) is 0 Å². The maximum absolute atomic E-state index is 13.6. The first kappa shape index (κ1) is 28.1. The number of carbonyl (C=O) groups excluding carboxylic acids is 1. The fourth-order valence-electron chi connectivity index (χ4n) is 5.57. The Morgan fingerprint density at radius 1 is 1.15 bits per heavy atom. The normalized spacial score (nSPS) is 18.3. The number of halogens is 1. The average molecular weight is 567 g/mol. The number of nitrogens with one attached hydrogen (secondary N) is 1. The molecular formula is C29H35FN6O3S. The smallest absolute Gasteiger partial charge is 0.306 e. The molecule has 2 saturated heterocycles. The van der Waals surface area contributed by atoms with Crippen molar-refractivity contribution < 1.29 is 19.1 Å². The van der Waals surface area contributed by atoms with Crippen LogP contribution in [0.3, 0.4) is 0 Å². The molecule has 2 N–H and O–H groups in total. The summed E-state index contributed by atoms with van der Waals surface area (Å²) in [5.74, 6) is -0.874. The summed E-state index contributed by atoms with van der Waals surface area (Å²) in [5.41, 5.74) is 3.31. The van der Waals surface area contributed by atoms with E-state index in [1.54, 1.807) is 6.20 Å². The zero-order valence-electron chi connectivity index (χ0n) is 22.9. The number of hydrogen-bond donors (Lipinski definition) is 2. The van der Waals surface area contributed by atoms with Crippen LogP contribution in [0.25, 0.3) is 11.3 Å². The van der Waals surface area contributed by atoms with Crippen molar-refractivity contribution in [3.8, 4) is 11.3 Å². The van der Waals surface area contributed by atoms with Gasteiger partial charge in [0.15, 0.2) is 5.13 Å². The predicted octanol–water partition coefficient (Wildman–Crippen LogP) is 5.31. The molecule has 3 aromatic rings. The van der Waals surface area contributed by atoms with Gasteiger partial charge in [-0.15, -0.1) is 0 Å². The summed E-state index contributed by atoms with van der Waals surface area (Å²) in [4.78, 5) is 43.3. The molecule has 1 atom stereocenters. The van der Waals surface area contributed by atoms with Crippen molar-refractivity contribution in [1.82, 2.24) is 19.9 Å². The summed E-state index contributed by atoms with van der Waals surface area (Å²) in [6.07, 6.45) is 7.53. The lowest BCUT2D eigenvalue weighted by atomic mass is 9.97. The molecule has 1 amide bonds. The monoisotopic (exact) mass is 566 g/mol. The second kappa shape index (κ2) is 12.4. The molecule has 2 aliphatic rings. The number of hydrogen-bond acceptors (Lipinski definition) is 8. The standard InChI is InChI=1S/C29H35FN6O3S/c1-3-22-5-4-10-36(22)17-24-26(20-7-6-18(2)21(13-20)14-30)33-29(40-24)34-27(37)23-15-32-25(16-31-23)35-11-8-19(9-12-35)28(38)39/h6-7,13,15-16,19,22H,3-5,8-12,14,17H2,1-2H3,(H,38,39)(H,33,34,37)/t22-/m1/s1. The van der Waals surface area contributed by atoms with Gasteiger partial charge in [0, 0.05) is 36.1 Å². The number of nitrogens with zero attached hydrogens (tertiary/aromatic N) is 5. The summed E-state index contributed by atoms with van der Waals surface area (Å²) in [6.45, 7) is 6.48. The SMILES string of the molecule is CC[C@@H]1CCCN1Cc1sc(NC(=O)c2cnc(N3CCC(C(=O)O)CC3)cn2)nc1-c1ccc(C)c(CF)c1. The molecule has 212 valence electrons. The zero-order valence-corrected chi connectivity index (χ0v) is 23.7. The lowest BCUT2D eigenvalue weighted by molar-refractivity contribution is -0.142. The Kier molecular flexibility index (Phi) is 8.70. The number of aliphatic carboxylic acids is 1. The number of aryl methyl sites for hydroxylation is 1. The minimum atomic E-state index is -0.762. The summed E-state index contributed by atoms with van der Waals surface area (Å²) < 4.78 is 13.6. The van der Waals surface area contributed by atoms with E-state index in [0.717, 1.165) is 41.2 Å². The van der Waals surface area contributed by atoms with Gasteiger partial charge in [-0.05, 0) is 62.8 Å². The lowest BCUT2D eigenvalue weighted by Crippen LogP contribution is -2.36. The van der Waals surface area contributed by atoms with E-state index < -0.39 is 18.6 Å². The van der Waals surface area contributed by atoms with Crippen molar-refractivity contribution in [1.29, 1.82) is 0 Å². The van der Waals surface area contributed by atoms with Gasteiger partial charge in [-0.3, -0.25) is 19.8 Å². The van der Waals surface area contributed by atoms with E-state index in [0.29, 0.717) is 48.5 Å². The second-order valence-corrected chi connectivity index (χ2v) is 11.6. The van der Waals surface area contributed by atoms with Gasteiger partial charge in [0.05, 0.1) is 24.0 Å². The number of rotatable bonds is 9. The highest BCUT2D eigenvalue weighted by molar-refractivity contribution is 7.16. The number of aromatic nitrogens is 3. The Bertz CT molecular complexity index is 1360. The van der Waals surface area contributed by atoms with Gasteiger partial charge in [0.25, 0.3) is 5.91 Å². The van der Waals surface area contributed by atoms with Crippen molar-refractivity contribution in [3.05, 3.63) is 52.3 Å². The fourth-order valence-corrected chi connectivity index (χ4v) is 6.57. The Balaban J connectivity index is 1.33. The van der Waals surface area contributed by atoms with Crippen molar-refractivity contribution in [2.24, 2.45) is 5.92 Å². The lowest BCUT2D eigenvalue weighted by Gasteiger charge is -2.30. The summed E-state index contributed by atoms with van der Waals surface area (Å²) >= 11 is 1.44. The Hall–Kier alpha value is -3.44. The van der Waals surface area contributed by atoms with Gasteiger partial charge in [-0.25, -0.2) is 19.3 Å². The first-order chi connectivity index (χ1) is 19.4. The molecule has 0 unspecified atom stereocenters. The third-order valence-electron chi connectivity index (χ3n) is 8.04. The first-order valence-electron chi connectivity index (χ1n) is 13.9. The number of thiazole rings is 1. The Morgan fingerprint density at radius 2 is 1.95 bits per heavy atom. The van der Waals surface area contributed by atoms with Gasteiger partial charge in [0.1, 0.15) is 18.2 Å². The summed E-state index contributed by atoms with van der Waals surface area (Å²) in [7, 11) is 0. The maximum Gasteiger partial charge on any atom is 0.306 e. The van der Waals surface area contributed by atoms with E-state index in [2.05, 4.69) is 27.1 Å². The first-order valence-corrected chi connectivity index (χ1v) is 14.7. The highest BCUT2D eigenvalue weighted by Crippen LogP contribution is 2.35. The van der Waals surface area contributed by atoms with E-state index in [4.69, 9.17) is 4.98 Å². The Morgan fingerprint density at radius 3 is 2.62 bits per heavy atom. The van der Waals surface area contributed by atoms with Crippen LogP contribution in [0.4, 0.5) is 15.3 Å². The number of likely N-dealkylation sites (tertiary alicyclic amines) is 1. The largest absolute Gasteiger partial charge is 0.481 e. The third-order valence-corrected chi connectivity index (χ3v) is 9.00. The number of carboxylic acids is 1. The maximum atomic E-state index is 13.6. The number of alkyl halides is 1. The molecule has 0 aliphatic carbocycles. The molecule has 0 spiro atoms. The predicted molar refractivity (Wildman–Crippen MR) is 153 cm³/mol. The third kappa shape index (κ3) is 6.15. The molecule has 5 rings (SSSR count). The van der Waals surface area contributed by atoms with E-state index in [1.807, 2.05) is 30.0 Å². The van der Waals surface area contributed by atoms with Crippen LogP contribution in [0.15, 0.2) is 30.6 Å². The molecular weight excluding hydrogens is 531 g/mol. The van der Waals surface area contributed by atoms with Gasteiger partial charge in [-0.1, -0.05) is 30.4 Å². The molecule has 4 heterocycles. The molecule has 9 nitrogen and oxygen atoms in total. The Labute approximate surface area is 237 Å². The zero-order chi connectivity index (χ0) is 28.2. The van der Waals surface area contributed by atoms with E-state index in [9.17, 15) is 19.1 Å². The average Bonchev–Trinajstić information content (AvgIpc) is 3.60. The summed E-state index contributed by atoms with van der Waals surface area (Å²) in [5, 5.41) is 12.6. The number of carboxylic acid groups (broad SMARTS) is 1. The van der Waals surface area contributed by atoms with Gasteiger partial charge in [-0.2, -0.15) is 0 Å². The van der Waals surface area contributed by atoms with Crippen LogP contribution in [0.5, 0.6) is 0 Å². The molecule has 1 aromatic carbocycles. The van der Waals surface area contributed by atoms with Gasteiger partial charge in [0.2, 0.25) is 0 Å². The molecule has 40 heavy (non-hydrogen) atoms. The molecule has 11 heteroatoms. The van der Waals surface area contributed by atoms with Crippen molar-refractivity contribution in [2.45, 2.75) is 65.2 Å². The molecule has 2 fully saturated rings.